The molecule has 0 aliphatic carbocycles. The Morgan fingerprint density at radius 3 is 2.62 bits per heavy atom. The van der Waals surface area contributed by atoms with Gasteiger partial charge >= 0.3 is 0 Å². The summed E-state index contributed by atoms with van der Waals surface area (Å²) in [5.74, 6) is -0.980. The zero-order valence-corrected chi connectivity index (χ0v) is 21.2. The summed E-state index contributed by atoms with van der Waals surface area (Å²) in [7, 11) is 1.53. The number of halogens is 1. The van der Waals surface area contributed by atoms with Crippen LogP contribution in [0.2, 0.25) is 5.02 Å². The molecule has 0 spiro atoms. The van der Waals surface area contributed by atoms with Crippen LogP contribution in [0.1, 0.15) is 34.6 Å². The number of aryl methyl sites for hydroxylation is 1. The number of carbonyl (C=O) groups excluding carboxylic acids is 2. The van der Waals surface area contributed by atoms with Crippen molar-refractivity contribution in [1.82, 2.24) is 0 Å². The van der Waals surface area contributed by atoms with Gasteiger partial charge < -0.3 is 19.0 Å². The van der Waals surface area contributed by atoms with Gasteiger partial charge in [0.2, 0.25) is 5.78 Å². The molecule has 0 saturated carbocycles. The van der Waals surface area contributed by atoms with Crippen molar-refractivity contribution in [1.29, 1.82) is 0 Å². The Bertz CT molecular complexity index is 1570. The maximum absolute atomic E-state index is 13.8. The van der Waals surface area contributed by atoms with Crippen molar-refractivity contribution >= 4 is 39.9 Å². The first-order valence-electron chi connectivity index (χ1n) is 11.7. The number of hydrogen-bond acceptors (Lipinski definition) is 6. The molecule has 3 aromatic carbocycles. The Morgan fingerprint density at radius 2 is 1.89 bits per heavy atom. The fourth-order valence-electron chi connectivity index (χ4n) is 4.59. The first-order valence-corrected chi connectivity index (χ1v) is 12.1. The van der Waals surface area contributed by atoms with Crippen LogP contribution in [0.4, 0.5) is 5.69 Å². The fourth-order valence-corrected chi connectivity index (χ4v) is 4.77. The van der Waals surface area contributed by atoms with Crippen LogP contribution in [-0.2, 0) is 4.79 Å². The molecule has 5 rings (SSSR count). The molecule has 4 aromatic rings. The van der Waals surface area contributed by atoms with Crippen LogP contribution < -0.4 is 14.4 Å². The maximum Gasteiger partial charge on any atom is 0.294 e. The van der Waals surface area contributed by atoms with Gasteiger partial charge in [0, 0.05) is 16.1 Å². The summed E-state index contributed by atoms with van der Waals surface area (Å²) in [5, 5.41) is 12.2. The number of carbonyl (C=O) groups is 2. The number of ether oxygens (including phenoxy) is 2. The average molecular weight is 518 g/mol. The second-order valence-corrected chi connectivity index (χ2v) is 9.08. The van der Waals surface area contributed by atoms with Crippen LogP contribution in [0.3, 0.4) is 0 Å². The molecular formula is C29H24ClNO6. The number of ketones is 1. The minimum atomic E-state index is -0.941. The fraction of sp³-hybridized carbons (Fsp3) is 0.172. The van der Waals surface area contributed by atoms with E-state index in [0.29, 0.717) is 45.3 Å². The van der Waals surface area contributed by atoms with Gasteiger partial charge in [0.25, 0.3) is 5.91 Å². The van der Waals surface area contributed by atoms with Crippen LogP contribution in [0.15, 0.2) is 82.5 Å². The number of aliphatic hydroxyl groups excluding tert-OH is 1. The van der Waals surface area contributed by atoms with Crippen molar-refractivity contribution in [3.05, 3.63) is 100.0 Å². The van der Waals surface area contributed by atoms with Crippen molar-refractivity contribution < 1.29 is 28.6 Å². The monoisotopic (exact) mass is 517 g/mol. The van der Waals surface area contributed by atoms with Gasteiger partial charge in [-0.05, 0) is 73.5 Å². The highest BCUT2D eigenvalue weighted by Gasteiger charge is 2.45. The van der Waals surface area contributed by atoms with Gasteiger partial charge in [-0.25, -0.2) is 0 Å². The number of furan rings is 1. The molecule has 1 unspecified atom stereocenters. The number of aliphatic hydroxyl groups is 1. The summed E-state index contributed by atoms with van der Waals surface area (Å²) in [6.45, 7) is 4.14. The number of amides is 1. The molecule has 1 N–H and O–H groups in total. The molecule has 1 amide bonds. The van der Waals surface area contributed by atoms with E-state index < -0.39 is 23.5 Å². The smallest absolute Gasteiger partial charge is 0.294 e. The lowest BCUT2D eigenvalue weighted by atomic mass is 9.94. The van der Waals surface area contributed by atoms with Crippen LogP contribution in [0.5, 0.6) is 11.5 Å². The van der Waals surface area contributed by atoms with Crippen molar-refractivity contribution in [3.8, 4) is 11.5 Å². The second-order valence-electron chi connectivity index (χ2n) is 8.64. The van der Waals surface area contributed by atoms with Gasteiger partial charge in [0.15, 0.2) is 23.0 Å². The first kappa shape index (κ1) is 24.5. The van der Waals surface area contributed by atoms with E-state index in [9.17, 15) is 14.7 Å². The van der Waals surface area contributed by atoms with E-state index >= 15 is 0 Å². The Hall–Kier alpha value is -4.23. The third kappa shape index (κ3) is 4.32. The van der Waals surface area contributed by atoms with E-state index in [1.807, 2.05) is 32.0 Å². The molecule has 7 nitrogen and oxygen atoms in total. The maximum atomic E-state index is 13.8. The van der Waals surface area contributed by atoms with Gasteiger partial charge in [-0.15, -0.1) is 0 Å². The minimum Gasteiger partial charge on any atom is -0.503 e. The van der Waals surface area contributed by atoms with Gasteiger partial charge in [-0.2, -0.15) is 0 Å². The van der Waals surface area contributed by atoms with Gasteiger partial charge in [0.1, 0.15) is 5.58 Å². The molecule has 37 heavy (non-hydrogen) atoms. The molecule has 188 valence electrons. The molecule has 0 radical (unpaired) electrons. The number of hydrogen-bond donors (Lipinski definition) is 1. The third-order valence-corrected chi connectivity index (χ3v) is 6.47. The minimum absolute atomic E-state index is 0.0127. The van der Waals surface area contributed by atoms with Gasteiger partial charge in [-0.3, -0.25) is 14.5 Å². The van der Waals surface area contributed by atoms with Crippen molar-refractivity contribution in [2.45, 2.75) is 19.9 Å². The highest BCUT2D eigenvalue weighted by Crippen LogP contribution is 2.44. The zero-order valence-electron chi connectivity index (χ0n) is 20.4. The number of benzene rings is 3. The summed E-state index contributed by atoms with van der Waals surface area (Å²) < 4.78 is 17.0. The highest BCUT2D eigenvalue weighted by atomic mass is 35.5. The predicted molar refractivity (Wildman–Crippen MR) is 141 cm³/mol. The van der Waals surface area contributed by atoms with E-state index in [1.165, 1.54) is 12.0 Å². The van der Waals surface area contributed by atoms with Gasteiger partial charge in [0.05, 0.1) is 25.3 Å². The number of rotatable bonds is 7. The topological polar surface area (TPSA) is 89.2 Å². The standard InChI is InChI=1S/C29H24ClNO6/c1-4-36-23-14-17(8-10-22(23)35-3)26-25(27(32)24-15-18-13-19(30)9-11-21(18)37-24)28(33)29(34)31(26)20-7-5-6-16(2)12-20/h5-15,26,33H,4H2,1-3H3. The van der Waals surface area contributed by atoms with Crippen LogP contribution in [0.25, 0.3) is 11.0 Å². The molecule has 1 aliphatic heterocycles. The van der Waals surface area contributed by atoms with Crippen LogP contribution >= 0.6 is 11.6 Å². The molecule has 2 heterocycles. The molecule has 0 bridgehead atoms. The number of Topliss-reactive ketones (excluding diaryl/α,β-unsaturated/α-hetero) is 1. The molecule has 0 fully saturated rings. The van der Waals surface area contributed by atoms with Gasteiger partial charge in [-0.1, -0.05) is 29.8 Å². The Morgan fingerprint density at radius 1 is 1.08 bits per heavy atom. The lowest BCUT2D eigenvalue weighted by Crippen LogP contribution is -2.31. The number of anilines is 1. The normalized spacial score (nSPS) is 15.5. The number of fused-ring (bicyclic) bond motifs is 1. The van der Waals surface area contributed by atoms with E-state index in [-0.39, 0.29) is 11.3 Å². The Kier molecular flexibility index (Phi) is 6.39. The summed E-state index contributed by atoms with van der Waals surface area (Å²) in [6, 6.07) is 18.1. The average Bonchev–Trinajstić information content (AvgIpc) is 3.42. The summed E-state index contributed by atoms with van der Waals surface area (Å²) >= 11 is 6.10. The van der Waals surface area contributed by atoms with E-state index in [0.717, 1.165) is 5.56 Å². The second kappa shape index (κ2) is 9.67. The van der Waals surface area contributed by atoms with Crippen LogP contribution in [-0.4, -0.2) is 30.5 Å². The van der Waals surface area contributed by atoms with E-state index in [4.69, 9.17) is 25.5 Å². The SMILES string of the molecule is CCOc1cc(C2C(C(=O)c3cc4cc(Cl)ccc4o3)=C(O)C(=O)N2c2cccc(C)c2)ccc1OC. The van der Waals surface area contributed by atoms with E-state index in [1.54, 1.807) is 48.5 Å². The lowest BCUT2D eigenvalue weighted by Gasteiger charge is -2.27. The zero-order chi connectivity index (χ0) is 26.3. The van der Waals surface area contributed by atoms with Crippen molar-refractivity contribution in [2.24, 2.45) is 0 Å². The Balaban J connectivity index is 1.68. The van der Waals surface area contributed by atoms with Crippen molar-refractivity contribution in [2.75, 3.05) is 18.6 Å². The molecule has 8 heteroatoms. The van der Waals surface area contributed by atoms with E-state index in [2.05, 4.69) is 0 Å². The predicted octanol–water partition coefficient (Wildman–Crippen LogP) is 6.58. The summed E-state index contributed by atoms with van der Waals surface area (Å²) in [5.41, 5.74) is 2.39. The third-order valence-electron chi connectivity index (χ3n) is 6.24. The highest BCUT2D eigenvalue weighted by molar-refractivity contribution is 6.31. The van der Waals surface area contributed by atoms with Crippen LogP contribution in [0, 0.1) is 6.92 Å². The quantitative estimate of drug-likeness (QED) is 0.278. The molecule has 1 atom stereocenters. The molecule has 1 aliphatic rings. The lowest BCUT2D eigenvalue weighted by molar-refractivity contribution is -0.117. The summed E-state index contributed by atoms with van der Waals surface area (Å²) in [4.78, 5) is 28.7. The number of methoxy groups -OCH3 is 1. The molecular weight excluding hydrogens is 494 g/mol. The Labute approximate surface area is 218 Å². The largest absolute Gasteiger partial charge is 0.503 e. The molecule has 0 saturated heterocycles. The van der Waals surface area contributed by atoms with Crippen molar-refractivity contribution in [3.63, 3.8) is 0 Å². The summed E-state index contributed by atoms with van der Waals surface area (Å²) in [6.07, 6.45) is 0. The number of nitrogens with zero attached hydrogens (tertiary/aromatic N) is 1. The molecule has 1 aromatic heterocycles. The first-order chi connectivity index (χ1) is 17.8.